The van der Waals surface area contributed by atoms with Gasteiger partial charge in [0.05, 0.1) is 36.8 Å². The van der Waals surface area contributed by atoms with Crippen LogP contribution in [0.4, 0.5) is 11.6 Å². The first-order valence-corrected chi connectivity index (χ1v) is 12.4. The molecule has 8 nitrogen and oxygen atoms in total. The van der Waals surface area contributed by atoms with E-state index in [1.807, 2.05) is 42.5 Å². The summed E-state index contributed by atoms with van der Waals surface area (Å²) >= 11 is 7.54. The molecule has 0 atom stereocenters. The molecule has 3 heterocycles. The third-order valence-corrected chi connectivity index (χ3v) is 6.92. The quantitative estimate of drug-likeness (QED) is 0.383. The fourth-order valence-corrected chi connectivity index (χ4v) is 4.91. The van der Waals surface area contributed by atoms with E-state index in [1.54, 1.807) is 18.2 Å². The van der Waals surface area contributed by atoms with Gasteiger partial charge < -0.3 is 19.7 Å². The molecule has 0 radical (unpaired) electrons. The molecule has 0 spiro atoms. The molecule has 35 heavy (non-hydrogen) atoms. The molecule has 4 aromatic rings. The highest BCUT2D eigenvalue weighted by atomic mass is 35.5. The second kappa shape index (κ2) is 10.5. The van der Waals surface area contributed by atoms with E-state index in [0.717, 1.165) is 42.4 Å². The highest BCUT2D eigenvalue weighted by molar-refractivity contribution is 7.16. The van der Waals surface area contributed by atoms with Crippen LogP contribution in [-0.4, -0.2) is 54.1 Å². The summed E-state index contributed by atoms with van der Waals surface area (Å²) < 4.78 is 12.8. The highest BCUT2D eigenvalue weighted by Gasteiger charge is 2.22. The van der Waals surface area contributed by atoms with Gasteiger partial charge in [0, 0.05) is 29.2 Å². The second-order valence-electron chi connectivity index (χ2n) is 7.88. The zero-order valence-corrected chi connectivity index (χ0v) is 20.7. The highest BCUT2D eigenvalue weighted by Crippen LogP contribution is 2.26. The molecule has 1 fully saturated rings. The van der Waals surface area contributed by atoms with Gasteiger partial charge in [-0.3, -0.25) is 4.79 Å². The summed E-state index contributed by atoms with van der Waals surface area (Å²) in [5.41, 5.74) is 2.33. The average molecular weight is 510 g/mol. The maximum Gasteiger partial charge on any atom is 0.285 e. The fraction of sp³-hybridized carbons (Fsp3) is 0.240. The molecule has 1 aliphatic heterocycles. The van der Waals surface area contributed by atoms with Crippen LogP contribution in [0.2, 0.25) is 4.34 Å². The van der Waals surface area contributed by atoms with Crippen LogP contribution in [0.5, 0.6) is 5.75 Å². The van der Waals surface area contributed by atoms with Gasteiger partial charge in [0.1, 0.15) is 5.75 Å². The first-order valence-electron chi connectivity index (χ1n) is 11.2. The molecule has 1 aliphatic rings. The number of methoxy groups -OCH3 is 1. The number of ether oxygens (including phenoxy) is 2. The number of carbonyl (C=O) groups excluding carboxylic acids is 1. The third kappa shape index (κ3) is 5.17. The van der Waals surface area contributed by atoms with Gasteiger partial charge in [-0.05, 0) is 48.5 Å². The minimum absolute atomic E-state index is 0.335. The van der Waals surface area contributed by atoms with Crippen LogP contribution in [0.15, 0.2) is 60.7 Å². The number of hydrogen-bond acceptors (Lipinski definition) is 8. The molecule has 1 N–H and O–H groups in total. The van der Waals surface area contributed by atoms with Gasteiger partial charge in [0.25, 0.3) is 5.91 Å². The molecule has 0 bridgehead atoms. The molecule has 0 amide bonds. The Morgan fingerprint density at radius 3 is 2.60 bits per heavy atom. The maximum atomic E-state index is 13.5. The Morgan fingerprint density at radius 1 is 1.11 bits per heavy atom. The number of para-hydroxylation sites is 1. The van der Waals surface area contributed by atoms with E-state index in [4.69, 9.17) is 21.1 Å². The number of anilines is 2. The summed E-state index contributed by atoms with van der Waals surface area (Å²) in [5, 5.41) is 7.82. The molecule has 10 heteroatoms. The molecular weight excluding hydrogens is 486 g/mol. The molecule has 2 aromatic heterocycles. The molecule has 5 rings (SSSR count). The first-order chi connectivity index (χ1) is 17.1. The van der Waals surface area contributed by atoms with Gasteiger partial charge in [-0.15, -0.1) is 16.4 Å². The van der Waals surface area contributed by atoms with Crippen LogP contribution >= 0.6 is 22.9 Å². The lowest BCUT2D eigenvalue weighted by Crippen LogP contribution is -2.36. The Kier molecular flexibility index (Phi) is 6.98. The number of rotatable bonds is 7. The third-order valence-electron chi connectivity index (χ3n) is 5.69. The van der Waals surface area contributed by atoms with Crippen molar-refractivity contribution in [2.75, 3.05) is 43.6 Å². The summed E-state index contributed by atoms with van der Waals surface area (Å²) in [4.78, 5) is 21.4. The smallest absolute Gasteiger partial charge is 0.285 e. The van der Waals surface area contributed by atoms with Crippen LogP contribution in [0.1, 0.15) is 15.2 Å². The summed E-state index contributed by atoms with van der Waals surface area (Å²) in [5.74, 6) is 0.935. The lowest BCUT2D eigenvalue weighted by Gasteiger charge is -2.28. The maximum absolute atomic E-state index is 13.5. The van der Waals surface area contributed by atoms with Crippen molar-refractivity contribution in [1.29, 1.82) is 0 Å². The summed E-state index contributed by atoms with van der Waals surface area (Å²) in [6.45, 7) is 3.64. The summed E-state index contributed by atoms with van der Waals surface area (Å²) in [6, 6.07) is 18.9. The van der Waals surface area contributed by atoms with Crippen molar-refractivity contribution in [3.05, 3.63) is 75.4 Å². The number of carbonyl (C=O) groups is 1. The number of nitrogens with one attached hydrogen (secondary N) is 1. The van der Waals surface area contributed by atoms with Crippen LogP contribution in [0, 0.1) is 0 Å². The van der Waals surface area contributed by atoms with E-state index >= 15 is 0 Å². The van der Waals surface area contributed by atoms with Gasteiger partial charge >= 0.3 is 0 Å². The van der Waals surface area contributed by atoms with E-state index in [9.17, 15) is 4.79 Å². The topological polar surface area (TPSA) is 81.5 Å². The second-order valence-corrected chi connectivity index (χ2v) is 9.68. The minimum Gasteiger partial charge on any atom is -0.496 e. The SMILES string of the molecule is COc1ccccc1C(=O)n1nc(-c2ccc(N3CCOCC3)cc2)nc1NCc1ccc(Cl)s1. The predicted molar refractivity (Wildman–Crippen MR) is 138 cm³/mol. The van der Waals surface area contributed by atoms with E-state index in [2.05, 4.69) is 20.3 Å². The number of benzene rings is 2. The van der Waals surface area contributed by atoms with Crippen LogP contribution in [-0.2, 0) is 11.3 Å². The molecule has 2 aromatic carbocycles. The Bertz CT molecular complexity index is 1310. The Labute approximate surface area is 212 Å². The van der Waals surface area contributed by atoms with Crippen molar-refractivity contribution in [2.24, 2.45) is 0 Å². The van der Waals surface area contributed by atoms with E-state index < -0.39 is 0 Å². The van der Waals surface area contributed by atoms with E-state index in [0.29, 0.717) is 34.0 Å². The van der Waals surface area contributed by atoms with Gasteiger partial charge in [0.2, 0.25) is 5.95 Å². The van der Waals surface area contributed by atoms with Gasteiger partial charge in [-0.1, -0.05) is 23.7 Å². The molecule has 0 unspecified atom stereocenters. The predicted octanol–water partition coefficient (Wildman–Crippen LogP) is 4.81. The van der Waals surface area contributed by atoms with E-state index in [1.165, 1.54) is 23.1 Å². The zero-order chi connectivity index (χ0) is 24.2. The number of nitrogens with zero attached hydrogens (tertiary/aromatic N) is 4. The number of aromatic nitrogens is 3. The molecule has 0 saturated carbocycles. The Balaban J connectivity index is 1.46. The normalized spacial score (nSPS) is 13.6. The van der Waals surface area contributed by atoms with Crippen LogP contribution in [0.3, 0.4) is 0 Å². The van der Waals surface area contributed by atoms with Crippen molar-refractivity contribution < 1.29 is 14.3 Å². The number of halogens is 1. The Morgan fingerprint density at radius 2 is 1.89 bits per heavy atom. The van der Waals surface area contributed by atoms with Crippen molar-refractivity contribution in [3.8, 4) is 17.1 Å². The summed E-state index contributed by atoms with van der Waals surface area (Å²) in [7, 11) is 1.54. The van der Waals surface area contributed by atoms with Crippen molar-refractivity contribution >= 4 is 40.5 Å². The van der Waals surface area contributed by atoms with Crippen molar-refractivity contribution in [3.63, 3.8) is 0 Å². The molecule has 180 valence electrons. The van der Waals surface area contributed by atoms with Crippen LogP contribution < -0.4 is 15.0 Å². The largest absolute Gasteiger partial charge is 0.496 e. The van der Waals surface area contributed by atoms with Crippen molar-refractivity contribution in [2.45, 2.75) is 6.54 Å². The number of hydrogen-bond donors (Lipinski definition) is 1. The fourth-order valence-electron chi connectivity index (χ4n) is 3.88. The van der Waals surface area contributed by atoms with Gasteiger partial charge in [0.15, 0.2) is 5.82 Å². The Hall–Kier alpha value is -3.40. The number of thiophene rings is 1. The monoisotopic (exact) mass is 509 g/mol. The lowest BCUT2D eigenvalue weighted by atomic mass is 10.2. The lowest BCUT2D eigenvalue weighted by molar-refractivity contribution is 0.0944. The van der Waals surface area contributed by atoms with Crippen molar-refractivity contribution in [1.82, 2.24) is 14.8 Å². The molecular formula is C25H24ClN5O3S. The minimum atomic E-state index is -0.335. The van der Waals surface area contributed by atoms with E-state index in [-0.39, 0.29) is 5.91 Å². The van der Waals surface area contributed by atoms with Gasteiger partial charge in [-0.2, -0.15) is 9.67 Å². The standard InChI is InChI=1S/C25H24ClN5O3S/c1-33-21-5-3-2-4-20(21)24(32)31-25(27-16-19-10-11-22(26)35-19)28-23(29-31)17-6-8-18(9-7-17)30-12-14-34-15-13-30/h2-11H,12-16H2,1H3,(H,27,28,29). The van der Waals surface area contributed by atoms with Crippen LogP contribution in [0.25, 0.3) is 11.4 Å². The summed E-state index contributed by atoms with van der Waals surface area (Å²) in [6.07, 6.45) is 0. The molecule has 0 aliphatic carbocycles. The number of morpholine rings is 1. The zero-order valence-electron chi connectivity index (χ0n) is 19.1. The average Bonchev–Trinajstić information content (AvgIpc) is 3.53. The van der Waals surface area contributed by atoms with Gasteiger partial charge in [-0.25, -0.2) is 0 Å². The first kappa shape index (κ1) is 23.3. The molecule has 1 saturated heterocycles.